The minimum Gasteiger partial charge on any atom is -0.465 e. The Balaban J connectivity index is 2.14. The minimum absolute atomic E-state index is 0.000172. The molecule has 0 fully saturated rings. The number of carbonyl (C=O) groups is 1. The first kappa shape index (κ1) is 15.0. The molecular formula is C14H12F3NO3. The summed E-state index contributed by atoms with van der Waals surface area (Å²) in [4.78, 5) is 11.4. The lowest BCUT2D eigenvalue weighted by atomic mass is 10.2. The Morgan fingerprint density at radius 2 is 2.00 bits per heavy atom. The predicted octanol–water partition coefficient (Wildman–Crippen LogP) is 3.40. The van der Waals surface area contributed by atoms with Gasteiger partial charge in [0.05, 0.1) is 19.3 Å². The molecule has 0 bridgehead atoms. The summed E-state index contributed by atoms with van der Waals surface area (Å²) in [6, 6.07) is 3.32. The van der Waals surface area contributed by atoms with Crippen molar-refractivity contribution in [2.45, 2.75) is 13.5 Å². The summed E-state index contributed by atoms with van der Waals surface area (Å²) in [6.07, 6.45) is 0. The number of methoxy groups -OCH3 is 1. The summed E-state index contributed by atoms with van der Waals surface area (Å²) >= 11 is 0. The molecule has 21 heavy (non-hydrogen) atoms. The van der Waals surface area contributed by atoms with E-state index in [0.29, 0.717) is 11.5 Å². The summed E-state index contributed by atoms with van der Waals surface area (Å²) in [5.41, 5.74) is 0.0441. The molecule has 2 aromatic rings. The SMILES string of the molecule is COC(=O)c1cc(CNc2ccc(F)c(F)c2F)oc1C. The number of esters is 1. The zero-order valence-electron chi connectivity index (χ0n) is 11.3. The molecule has 1 aromatic heterocycles. The average Bonchev–Trinajstić information content (AvgIpc) is 2.84. The number of benzene rings is 1. The van der Waals surface area contributed by atoms with E-state index in [-0.39, 0.29) is 17.8 Å². The molecule has 0 radical (unpaired) electrons. The van der Waals surface area contributed by atoms with Crippen LogP contribution in [0.5, 0.6) is 0 Å². The molecular weight excluding hydrogens is 287 g/mol. The standard InChI is InChI=1S/C14H12F3NO3/c1-7-9(14(19)20-2)5-8(21-7)6-18-11-4-3-10(15)12(16)13(11)17/h3-5,18H,6H2,1-2H3. The number of hydrogen-bond acceptors (Lipinski definition) is 4. The Morgan fingerprint density at radius 1 is 1.29 bits per heavy atom. The molecule has 0 amide bonds. The quantitative estimate of drug-likeness (QED) is 0.694. The summed E-state index contributed by atoms with van der Waals surface area (Å²) < 4.78 is 49.2. The van der Waals surface area contributed by atoms with Crippen molar-refractivity contribution < 1.29 is 27.1 Å². The molecule has 1 heterocycles. The van der Waals surface area contributed by atoms with Crippen LogP contribution in [0.4, 0.5) is 18.9 Å². The molecule has 0 saturated carbocycles. The van der Waals surface area contributed by atoms with Gasteiger partial charge in [0, 0.05) is 0 Å². The maximum absolute atomic E-state index is 13.5. The number of halogens is 3. The number of carbonyl (C=O) groups excluding carboxylic acids is 1. The van der Waals surface area contributed by atoms with Gasteiger partial charge in [-0.15, -0.1) is 0 Å². The second kappa shape index (κ2) is 5.90. The highest BCUT2D eigenvalue weighted by atomic mass is 19.2. The van der Waals surface area contributed by atoms with Gasteiger partial charge in [-0.25, -0.2) is 18.0 Å². The molecule has 112 valence electrons. The smallest absolute Gasteiger partial charge is 0.341 e. The van der Waals surface area contributed by atoms with E-state index in [0.717, 1.165) is 12.1 Å². The molecule has 0 saturated heterocycles. The van der Waals surface area contributed by atoms with Crippen molar-refractivity contribution >= 4 is 11.7 Å². The van der Waals surface area contributed by atoms with Crippen LogP contribution >= 0.6 is 0 Å². The van der Waals surface area contributed by atoms with Crippen molar-refractivity contribution in [3.8, 4) is 0 Å². The Hall–Kier alpha value is -2.44. The Morgan fingerprint density at radius 3 is 2.67 bits per heavy atom. The van der Waals surface area contributed by atoms with Gasteiger partial charge in [-0.3, -0.25) is 0 Å². The maximum Gasteiger partial charge on any atom is 0.341 e. The van der Waals surface area contributed by atoms with E-state index in [1.807, 2.05) is 0 Å². The fraction of sp³-hybridized carbons (Fsp3) is 0.214. The zero-order chi connectivity index (χ0) is 15.6. The van der Waals surface area contributed by atoms with Gasteiger partial charge in [0.1, 0.15) is 17.1 Å². The molecule has 1 N–H and O–H groups in total. The van der Waals surface area contributed by atoms with E-state index in [2.05, 4.69) is 10.1 Å². The molecule has 0 atom stereocenters. The first-order valence-corrected chi connectivity index (χ1v) is 5.99. The largest absolute Gasteiger partial charge is 0.465 e. The van der Waals surface area contributed by atoms with Crippen molar-refractivity contribution in [3.05, 3.63) is 52.7 Å². The van der Waals surface area contributed by atoms with Crippen molar-refractivity contribution in [2.75, 3.05) is 12.4 Å². The summed E-state index contributed by atoms with van der Waals surface area (Å²) in [7, 11) is 1.24. The lowest BCUT2D eigenvalue weighted by Gasteiger charge is -2.06. The Kier molecular flexibility index (Phi) is 4.21. The molecule has 2 rings (SSSR count). The molecule has 0 unspecified atom stereocenters. The summed E-state index contributed by atoms with van der Waals surface area (Å²) in [5.74, 6) is -4.00. The average molecular weight is 299 g/mol. The fourth-order valence-corrected chi connectivity index (χ4v) is 1.79. The van der Waals surface area contributed by atoms with Crippen LogP contribution in [0.1, 0.15) is 21.9 Å². The first-order chi connectivity index (χ1) is 9.93. The van der Waals surface area contributed by atoms with Gasteiger partial charge in [0.2, 0.25) is 0 Å². The molecule has 1 aromatic carbocycles. The van der Waals surface area contributed by atoms with Crippen molar-refractivity contribution in [2.24, 2.45) is 0 Å². The molecule has 7 heteroatoms. The minimum atomic E-state index is -1.55. The van der Waals surface area contributed by atoms with Crippen LogP contribution in [-0.2, 0) is 11.3 Å². The third-order valence-corrected chi connectivity index (χ3v) is 2.86. The second-order valence-corrected chi connectivity index (χ2v) is 4.25. The van der Waals surface area contributed by atoms with E-state index in [1.54, 1.807) is 6.92 Å². The van der Waals surface area contributed by atoms with Crippen molar-refractivity contribution in [3.63, 3.8) is 0 Å². The van der Waals surface area contributed by atoms with Gasteiger partial charge in [0.25, 0.3) is 0 Å². The summed E-state index contributed by atoms with van der Waals surface area (Å²) in [6.45, 7) is 1.58. The van der Waals surface area contributed by atoms with E-state index in [4.69, 9.17) is 4.42 Å². The van der Waals surface area contributed by atoms with Crippen molar-refractivity contribution in [1.82, 2.24) is 0 Å². The molecule has 0 aliphatic heterocycles. The van der Waals surface area contributed by atoms with Gasteiger partial charge in [-0.1, -0.05) is 0 Å². The Labute approximate surface area is 118 Å². The molecule has 0 aliphatic rings. The molecule has 0 spiro atoms. The highest BCUT2D eigenvalue weighted by molar-refractivity contribution is 5.90. The maximum atomic E-state index is 13.5. The zero-order valence-corrected chi connectivity index (χ0v) is 11.3. The van der Waals surface area contributed by atoms with Gasteiger partial charge >= 0.3 is 5.97 Å². The topological polar surface area (TPSA) is 51.5 Å². The van der Waals surface area contributed by atoms with Crippen LogP contribution in [-0.4, -0.2) is 13.1 Å². The van der Waals surface area contributed by atoms with Crippen LogP contribution in [0, 0.1) is 24.4 Å². The van der Waals surface area contributed by atoms with Gasteiger partial charge in [0.15, 0.2) is 17.5 Å². The van der Waals surface area contributed by atoms with E-state index in [1.165, 1.54) is 13.2 Å². The second-order valence-electron chi connectivity index (χ2n) is 4.25. The number of aryl methyl sites for hydroxylation is 1. The van der Waals surface area contributed by atoms with Crippen LogP contribution in [0.3, 0.4) is 0 Å². The number of furan rings is 1. The summed E-state index contributed by atoms with van der Waals surface area (Å²) in [5, 5.41) is 2.57. The first-order valence-electron chi connectivity index (χ1n) is 5.99. The number of anilines is 1. The number of ether oxygens (including phenoxy) is 1. The fourth-order valence-electron chi connectivity index (χ4n) is 1.79. The van der Waals surface area contributed by atoms with Gasteiger partial charge in [-0.05, 0) is 25.1 Å². The molecule has 4 nitrogen and oxygen atoms in total. The normalized spacial score (nSPS) is 10.5. The Bertz CT molecular complexity index is 682. The van der Waals surface area contributed by atoms with E-state index in [9.17, 15) is 18.0 Å². The van der Waals surface area contributed by atoms with Crippen LogP contribution in [0.15, 0.2) is 22.6 Å². The van der Waals surface area contributed by atoms with Crippen LogP contribution < -0.4 is 5.32 Å². The van der Waals surface area contributed by atoms with Crippen LogP contribution in [0.2, 0.25) is 0 Å². The lowest BCUT2D eigenvalue weighted by molar-refractivity contribution is 0.0599. The monoisotopic (exact) mass is 299 g/mol. The number of rotatable bonds is 4. The van der Waals surface area contributed by atoms with Crippen LogP contribution in [0.25, 0.3) is 0 Å². The highest BCUT2D eigenvalue weighted by Gasteiger charge is 2.17. The highest BCUT2D eigenvalue weighted by Crippen LogP contribution is 2.21. The lowest BCUT2D eigenvalue weighted by Crippen LogP contribution is -2.03. The van der Waals surface area contributed by atoms with E-state index < -0.39 is 23.4 Å². The third-order valence-electron chi connectivity index (χ3n) is 2.86. The third kappa shape index (κ3) is 3.01. The number of hydrogen-bond donors (Lipinski definition) is 1. The van der Waals surface area contributed by atoms with E-state index >= 15 is 0 Å². The van der Waals surface area contributed by atoms with Gasteiger partial charge in [-0.2, -0.15) is 0 Å². The van der Waals surface area contributed by atoms with Gasteiger partial charge < -0.3 is 14.5 Å². The number of nitrogens with one attached hydrogen (secondary N) is 1. The predicted molar refractivity (Wildman–Crippen MR) is 68.4 cm³/mol. The molecule has 0 aliphatic carbocycles. The van der Waals surface area contributed by atoms with Crippen molar-refractivity contribution in [1.29, 1.82) is 0 Å².